The Morgan fingerprint density at radius 3 is 2.07 bits per heavy atom. The smallest absolute Gasteiger partial charge is 0.261 e. The van der Waals surface area contributed by atoms with E-state index in [1.54, 1.807) is 14.2 Å². The number of hydrogen-bond donors (Lipinski definition) is 0. The highest BCUT2D eigenvalue weighted by molar-refractivity contribution is 5.99. The first-order valence-electron chi connectivity index (χ1n) is 9.98. The van der Waals surface area contributed by atoms with Gasteiger partial charge in [-0.2, -0.15) is 0 Å². The Hall–Kier alpha value is -1.79. The Kier molecular flexibility index (Phi) is 6.60. The highest BCUT2D eigenvalue weighted by atomic mass is 16.5. The van der Waals surface area contributed by atoms with Crippen LogP contribution in [-0.4, -0.2) is 87.2 Å². The number of carbonyl (C=O) groups excluding carboxylic acids is 1. The molecule has 1 amide bonds. The monoisotopic (exact) mass is 375 g/mol. The average molecular weight is 376 g/mol. The lowest BCUT2D eigenvalue weighted by atomic mass is 9.88. The van der Waals surface area contributed by atoms with Crippen LogP contribution in [0.5, 0.6) is 11.5 Å². The van der Waals surface area contributed by atoms with Crippen molar-refractivity contribution in [3.8, 4) is 11.5 Å². The number of piperidine rings is 1. The Labute approximate surface area is 163 Å². The van der Waals surface area contributed by atoms with E-state index >= 15 is 0 Å². The maximum absolute atomic E-state index is 13.1. The van der Waals surface area contributed by atoms with Crippen LogP contribution in [0.1, 0.15) is 30.1 Å². The number of rotatable bonds is 5. The third kappa shape index (κ3) is 4.38. The Bertz CT molecular complexity index is 613. The Morgan fingerprint density at radius 2 is 1.56 bits per heavy atom. The van der Waals surface area contributed by atoms with Crippen LogP contribution in [0.3, 0.4) is 0 Å². The second-order valence-electron chi connectivity index (χ2n) is 7.75. The molecule has 2 saturated heterocycles. The van der Waals surface area contributed by atoms with E-state index in [-0.39, 0.29) is 5.91 Å². The predicted molar refractivity (Wildman–Crippen MR) is 107 cm³/mol. The molecular weight excluding hydrogens is 342 g/mol. The molecule has 1 atom stereocenters. The predicted octanol–water partition coefficient (Wildman–Crippen LogP) is 2.19. The van der Waals surface area contributed by atoms with E-state index < -0.39 is 0 Å². The second kappa shape index (κ2) is 8.93. The lowest BCUT2D eigenvalue weighted by Crippen LogP contribution is -2.52. The zero-order valence-electron chi connectivity index (χ0n) is 17.1. The summed E-state index contributed by atoms with van der Waals surface area (Å²) in [7, 11) is 5.38. The molecule has 3 rings (SSSR count). The summed E-state index contributed by atoms with van der Waals surface area (Å²) < 4.78 is 10.8. The van der Waals surface area contributed by atoms with E-state index in [0.29, 0.717) is 29.0 Å². The fourth-order valence-electron chi connectivity index (χ4n) is 4.33. The van der Waals surface area contributed by atoms with Crippen LogP contribution in [0.25, 0.3) is 0 Å². The quantitative estimate of drug-likeness (QED) is 0.789. The third-order valence-corrected chi connectivity index (χ3v) is 6.26. The molecule has 2 heterocycles. The van der Waals surface area contributed by atoms with Crippen molar-refractivity contribution in [1.29, 1.82) is 0 Å². The largest absolute Gasteiger partial charge is 0.496 e. The normalized spacial score (nSPS) is 21.1. The van der Waals surface area contributed by atoms with Crippen LogP contribution in [0.4, 0.5) is 0 Å². The summed E-state index contributed by atoms with van der Waals surface area (Å²) in [5.41, 5.74) is 0.535. The van der Waals surface area contributed by atoms with E-state index in [1.807, 2.05) is 23.1 Å². The van der Waals surface area contributed by atoms with Crippen molar-refractivity contribution in [2.24, 2.45) is 5.92 Å². The molecule has 0 N–H and O–H groups in total. The van der Waals surface area contributed by atoms with Crippen LogP contribution in [0.15, 0.2) is 18.2 Å². The number of likely N-dealkylation sites (tertiary alicyclic amines) is 1. The van der Waals surface area contributed by atoms with Crippen molar-refractivity contribution in [3.63, 3.8) is 0 Å². The summed E-state index contributed by atoms with van der Waals surface area (Å²) in [6.07, 6.45) is 2.10. The first kappa shape index (κ1) is 20.0. The molecular formula is C21H33N3O3. The molecule has 0 saturated carbocycles. The Morgan fingerprint density at radius 1 is 1.00 bits per heavy atom. The number of amides is 1. The van der Waals surface area contributed by atoms with E-state index in [4.69, 9.17) is 9.47 Å². The van der Waals surface area contributed by atoms with Gasteiger partial charge in [0.05, 0.1) is 14.2 Å². The van der Waals surface area contributed by atoms with Crippen molar-refractivity contribution in [3.05, 3.63) is 23.8 Å². The van der Waals surface area contributed by atoms with Gasteiger partial charge in [0.25, 0.3) is 5.91 Å². The minimum Gasteiger partial charge on any atom is -0.496 e. The molecule has 0 spiro atoms. The van der Waals surface area contributed by atoms with Crippen LogP contribution in [-0.2, 0) is 0 Å². The van der Waals surface area contributed by atoms with Crippen molar-refractivity contribution >= 4 is 5.91 Å². The van der Waals surface area contributed by atoms with E-state index in [1.165, 1.54) is 0 Å². The van der Waals surface area contributed by atoms with E-state index in [0.717, 1.165) is 52.1 Å². The summed E-state index contributed by atoms with van der Waals surface area (Å²) in [6.45, 7) is 8.54. The zero-order chi connectivity index (χ0) is 19.4. The van der Waals surface area contributed by atoms with E-state index in [9.17, 15) is 4.79 Å². The summed E-state index contributed by atoms with van der Waals surface area (Å²) in [4.78, 5) is 20.1. The van der Waals surface area contributed by atoms with Gasteiger partial charge in [-0.1, -0.05) is 6.07 Å². The molecule has 2 fully saturated rings. The van der Waals surface area contributed by atoms with Gasteiger partial charge < -0.3 is 19.3 Å². The third-order valence-electron chi connectivity index (χ3n) is 6.26. The minimum atomic E-state index is 0.00926. The molecule has 1 aromatic rings. The number of likely N-dealkylation sites (N-methyl/N-ethyl adjacent to an activating group) is 1. The lowest BCUT2D eigenvalue weighted by molar-refractivity contribution is 0.0496. The van der Waals surface area contributed by atoms with Crippen molar-refractivity contribution in [2.75, 3.05) is 60.5 Å². The highest BCUT2D eigenvalue weighted by Crippen LogP contribution is 2.32. The molecule has 0 radical (unpaired) electrons. The van der Waals surface area contributed by atoms with Gasteiger partial charge >= 0.3 is 0 Å². The van der Waals surface area contributed by atoms with Gasteiger partial charge in [-0.25, -0.2) is 0 Å². The number of piperazine rings is 1. The topological polar surface area (TPSA) is 45.3 Å². The first-order chi connectivity index (χ1) is 13.0. The molecule has 27 heavy (non-hydrogen) atoms. The van der Waals surface area contributed by atoms with Crippen molar-refractivity contribution < 1.29 is 14.3 Å². The highest BCUT2D eigenvalue weighted by Gasteiger charge is 2.32. The van der Waals surface area contributed by atoms with Crippen LogP contribution < -0.4 is 9.47 Å². The summed E-state index contributed by atoms with van der Waals surface area (Å²) >= 11 is 0. The summed E-state index contributed by atoms with van der Waals surface area (Å²) in [5, 5.41) is 0. The SMILES string of the molecule is COc1cccc(OC)c1C(=O)N1CCC(C(C)N2CCN(C)CC2)CC1. The summed E-state index contributed by atoms with van der Waals surface area (Å²) in [5.74, 6) is 1.81. The molecule has 150 valence electrons. The van der Waals surface area contributed by atoms with E-state index in [2.05, 4.69) is 23.8 Å². The molecule has 2 aliphatic rings. The molecule has 0 aliphatic carbocycles. The maximum atomic E-state index is 13.1. The van der Waals surface area contributed by atoms with Gasteiger partial charge in [0, 0.05) is 45.3 Å². The number of carbonyl (C=O) groups is 1. The van der Waals surface area contributed by atoms with Crippen molar-refractivity contribution in [2.45, 2.75) is 25.8 Å². The molecule has 1 aromatic carbocycles. The fraction of sp³-hybridized carbons (Fsp3) is 0.667. The van der Waals surface area contributed by atoms with Crippen molar-refractivity contribution in [1.82, 2.24) is 14.7 Å². The summed E-state index contributed by atoms with van der Waals surface area (Å²) in [6, 6.07) is 6.06. The van der Waals surface area contributed by atoms with Crippen LogP contribution >= 0.6 is 0 Å². The van der Waals surface area contributed by atoms with Gasteiger partial charge in [-0.15, -0.1) is 0 Å². The average Bonchev–Trinajstić information content (AvgIpc) is 2.72. The van der Waals surface area contributed by atoms with Gasteiger partial charge in [-0.3, -0.25) is 9.69 Å². The number of nitrogens with zero attached hydrogens (tertiary/aromatic N) is 3. The standard InChI is InChI=1S/C21H33N3O3/c1-16(23-14-12-22(2)13-15-23)17-8-10-24(11-9-17)21(25)20-18(26-3)6-5-7-19(20)27-4/h5-7,16-17H,8-15H2,1-4H3. The minimum absolute atomic E-state index is 0.00926. The first-order valence-corrected chi connectivity index (χ1v) is 9.98. The molecule has 0 aromatic heterocycles. The zero-order valence-corrected chi connectivity index (χ0v) is 17.1. The second-order valence-corrected chi connectivity index (χ2v) is 7.75. The van der Waals surface area contributed by atoms with Crippen LogP contribution in [0.2, 0.25) is 0 Å². The van der Waals surface area contributed by atoms with Gasteiger partial charge in [0.1, 0.15) is 17.1 Å². The number of hydrogen-bond acceptors (Lipinski definition) is 5. The Balaban J connectivity index is 1.61. The lowest BCUT2D eigenvalue weighted by Gasteiger charge is -2.42. The molecule has 0 bridgehead atoms. The maximum Gasteiger partial charge on any atom is 0.261 e. The van der Waals surface area contributed by atoms with Gasteiger partial charge in [0.2, 0.25) is 0 Å². The number of ether oxygens (including phenoxy) is 2. The molecule has 6 heteroatoms. The molecule has 1 unspecified atom stereocenters. The van der Waals surface area contributed by atoms with Gasteiger partial charge in [0.15, 0.2) is 0 Å². The molecule has 2 aliphatic heterocycles. The fourth-order valence-corrected chi connectivity index (χ4v) is 4.33. The molecule has 6 nitrogen and oxygen atoms in total. The number of benzene rings is 1. The van der Waals surface area contributed by atoms with Gasteiger partial charge in [-0.05, 0) is 44.9 Å². The van der Waals surface area contributed by atoms with Crippen LogP contribution in [0, 0.1) is 5.92 Å². The number of methoxy groups -OCH3 is 2.